The molecular formula is C11H16OTi. The Morgan fingerprint density at radius 2 is 1.69 bits per heavy atom. The minimum Gasteiger partial charge on any atom is -0.508 e. The van der Waals surface area contributed by atoms with Crippen molar-refractivity contribution in [2.24, 2.45) is 0 Å². The molecule has 0 atom stereocenters. The number of hydrogen-bond donors (Lipinski definition) is 1. The van der Waals surface area contributed by atoms with Crippen molar-refractivity contribution in [3.63, 3.8) is 0 Å². The summed E-state index contributed by atoms with van der Waals surface area (Å²) >= 11 is 0. The standard InChI is InChI=1S/C11H16O.Ti/c1-8-5-6-10(12)9(7-8)11(2,3)4;/h5-7,12H,1-4H3;. The topological polar surface area (TPSA) is 20.2 Å². The summed E-state index contributed by atoms with van der Waals surface area (Å²) in [6.45, 7) is 8.33. The van der Waals surface area contributed by atoms with Crippen LogP contribution < -0.4 is 0 Å². The van der Waals surface area contributed by atoms with Gasteiger partial charge in [0.25, 0.3) is 0 Å². The summed E-state index contributed by atoms with van der Waals surface area (Å²) in [6.07, 6.45) is 0. The molecule has 1 nitrogen and oxygen atoms in total. The Morgan fingerprint density at radius 3 is 2.08 bits per heavy atom. The molecule has 13 heavy (non-hydrogen) atoms. The van der Waals surface area contributed by atoms with Crippen LogP contribution >= 0.6 is 0 Å². The van der Waals surface area contributed by atoms with Gasteiger partial charge in [0.05, 0.1) is 0 Å². The normalized spacial score (nSPS) is 10.8. The first-order valence-corrected chi connectivity index (χ1v) is 4.21. The number of rotatable bonds is 0. The van der Waals surface area contributed by atoms with Crippen LogP contribution in [0.15, 0.2) is 18.2 Å². The maximum Gasteiger partial charge on any atom is 0.119 e. The summed E-state index contributed by atoms with van der Waals surface area (Å²) in [5.74, 6) is 0.396. The first kappa shape index (κ1) is 12.7. The van der Waals surface area contributed by atoms with Crippen molar-refractivity contribution in [2.75, 3.05) is 0 Å². The van der Waals surface area contributed by atoms with E-state index in [1.54, 1.807) is 6.07 Å². The third-order valence-corrected chi connectivity index (χ3v) is 1.96. The van der Waals surface area contributed by atoms with Gasteiger partial charge in [0.2, 0.25) is 0 Å². The smallest absolute Gasteiger partial charge is 0.119 e. The third kappa shape index (κ3) is 3.17. The Balaban J connectivity index is 0.00000144. The molecule has 2 heteroatoms. The zero-order valence-electron chi connectivity index (χ0n) is 8.68. The van der Waals surface area contributed by atoms with Crippen LogP contribution in [0.5, 0.6) is 5.75 Å². The zero-order chi connectivity index (χ0) is 9.35. The van der Waals surface area contributed by atoms with Crippen LogP contribution in [0.25, 0.3) is 0 Å². The summed E-state index contributed by atoms with van der Waals surface area (Å²) in [5, 5.41) is 9.57. The van der Waals surface area contributed by atoms with Crippen LogP contribution in [-0.4, -0.2) is 5.11 Å². The molecule has 1 aromatic rings. The van der Waals surface area contributed by atoms with E-state index in [0.717, 1.165) is 5.56 Å². The van der Waals surface area contributed by atoms with Crippen molar-refractivity contribution in [3.05, 3.63) is 29.3 Å². The monoisotopic (exact) mass is 212 g/mol. The summed E-state index contributed by atoms with van der Waals surface area (Å²) in [4.78, 5) is 0. The van der Waals surface area contributed by atoms with Gasteiger partial charge in [-0.05, 0) is 24.0 Å². The predicted octanol–water partition coefficient (Wildman–Crippen LogP) is 3.00. The SMILES string of the molecule is Cc1ccc(O)c(C(C)(C)C)c1.[Ti]. The van der Waals surface area contributed by atoms with Crippen molar-refractivity contribution in [2.45, 2.75) is 33.1 Å². The molecule has 0 radical (unpaired) electrons. The molecule has 0 bridgehead atoms. The van der Waals surface area contributed by atoms with Crippen molar-refractivity contribution in [3.8, 4) is 5.75 Å². The Morgan fingerprint density at radius 1 is 1.15 bits per heavy atom. The van der Waals surface area contributed by atoms with Gasteiger partial charge in [0.15, 0.2) is 0 Å². The fraction of sp³-hybridized carbons (Fsp3) is 0.455. The first-order valence-electron chi connectivity index (χ1n) is 4.21. The molecule has 0 saturated heterocycles. The van der Waals surface area contributed by atoms with Gasteiger partial charge in [0, 0.05) is 21.7 Å². The van der Waals surface area contributed by atoms with Crippen molar-refractivity contribution >= 4 is 0 Å². The molecule has 0 aliphatic carbocycles. The molecule has 0 fully saturated rings. The number of aromatic hydroxyl groups is 1. The summed E-state index contributed by atoms with van der Waals surface area (Å²) in [7, 11) is 0. The van der Waals surface area contributed by atoms with Gasteiger partial charge in [-0.25, -0.2) is 0 Å². The van der Waals surface area contributed by atoms with Gasteiger partial charge >= 0.3 is 0 Å². The van der Waals surface area contributed by atoms with Crippen LogP contribution in [0.4, 0.5) is 0 Å². The van der Waals surface area contributed by atoms with Gasteiger partial charge < -0.3 is 5.11 Å². The van der Waals surface area contributed by atoms with Crippen LogP contribution in [-0.2, 0) is 27.1 Å². The molecule has 0 amide bonds. The number of phenolic OH excluding ortho intramolecular Hbond substituents is 1. The molecule has 1 N–H and O–H groups in total. The van der Waals surface area contributed by atoms with E-state index in [0.29, 0.717) is 5.75 Å². The molecule has 0 spiro atoms. The van der Waals surface area contributed by atoms with Crippen molar-refractivity contribution in [1.29, 1.82) is 0 Å². The average molecular weight is 212 g/mol. The number of aryl methyl sites for hydroxylation is 1. The Kier molecular flexibility index (Phi) is 4.21. The first-order chi connectivity index (χ1) is 5.41. The van der Waals surface area contributed by atoms with Crippen molar-refractivity contribution < 1.29 is 26.8 Å². The van der Waals surface area contributed by atoms with Crippen LogP contribution in [0, 0.1) is 6.92 Å². The molecule has 0 aromatic heterocycles. The molecule has 1 aromatic carbocycles. The summed E-state index contributed by atoms with van der Waals surface area (Å²) in [6, 6.07) is 5.72. The second-order valence-electron chi connectivity index (χ2n) is 4.27. The third-order valence-electron chi connectivity index (χ3n) is 1.96. The number of hydrogen-bond acceptors (Lipinski definition) is 1. The van der Waals surface area contributed by atoms with E-state index >= 15 is 0 Å². The van der Waals surface area contributed by atoms with Gasteiger partial charge in [-0.1, -0.05) is 38.5 Å². The largest absolute Gasteiger partial charge is 0.508 e. The number of phenols is 1. The van der Waals surface area contributed by atoms with Gasteiger partial charge in [-0.15, -0.1) is 0 Å². The molecule has 1 rings (SSSR count). The number of benzene rings is 1. The molecule has 0 aliphatic rings. The second kappa shape index (κ2) is 4.30. The van der Waals surface area contributed by atoms with E-state index in [4.69, 9.17) is 0 Å². The van der Waals surface area contributed by atoms with Gasteiger partial charge in [-0.2, -0.15) is 0 Å². The average Bonchev–Trinajstić information content (AvgIpc) is 1.92. The molecular weight excluding hydrogens is 196 g/mol. The predicted molar refractivity (Wildman–Crippen MR) is 51.5 cm³/mol. The van der Waals surface area contributed by atoms with Crippen LogP contribution in [0.3, 0.4) is 0 Å². The van der Waals surface area contributed by atoms with E-state index in [9.17, 15) is 5.11 Å². The molecule has 0 heterocycles. The Labute approximate surface area is 95.1 Å². The minimum absolute atomic E-state index is 0. The summed E-state index contributed by atoms with van der Waals surface area (Å²) in [5.41, 5.74) is 2.23. The molecule has 0 unspecified atom stereocenters. The van der Waals surface area contributed by atoms with Gasteiger partial charge in [-0.3, -0.25) is 0 Å². The zero-order valence-corrected chi connectivity index (χ0v) is 10.2. The van der Waals surface area contributed by atoms with E-state index in [1.165, 1.54) is 5.56 Å². The molecule has 0 aliphatic heterocycles. The Hall–Kier alpha value is -0.266. The van der Waals surface area contributed by atoms with E-state index < -0.39 is 0 Å². The van der Waals surface area contributed by atoms with Crippen LogP contribution in [0.1, 0.15) is 31.9 Å². The fourth-order valence-electron chi connectivity index (χ4n) is 1.25. The Bertz CT molecular complexity index is 287. The minimum atomic E-state index is 0. The maximum atomic E-state index is 9.57. The van der Waals surface area contributed by atoms with Gasteiger partial charge in [0.1, 0.15) is 5.75 Å². The van der Waals surface area contributed by atoms with E-state index in [1.807, 2.05) is 19.1 Å². The summed E-state index contributed by atoms with van der Waals surface area (Å²) < 4.78 is 0. The van der Waals surface area contributed by atoms with E-state index in [-0.39, 0.29) is 27.1 Å². The van der Waals surface area contributed by atoms with E-state index in [2.05, 4.69) is 20.8 Å². The van der Waals surface area contributed by atoms with Crippen molar-refractivity contribution in [1.82, 2.24) is 0 Å². The quantitative estimate of drug-likeness (QED) is 0.655. The van der Waals surface area contributed by atoms with Crippen LogP contribution in [0.2, 0.25) is 0 Å². The molecule has 70 valence electrons. The molecule has 0 saturated carbocycles. The fourth-order valence-corrected chi connectivity index (χ4v) is 1.25. The second-order valence-corrected chi connectivity index (χ2v) is 4.27. The maximum absolute atomic E-state index is 9.57.